The lowest BCUT2D eigenvalue weighted by atomic mass is 9.94. The van der Waals surface area contributed by atoms with Crippen molar-refractivity contribution in [3.63, 3.8) is 0 Å². The fraction of sp³-hybridized carbons (Fsp3) is 0.414. The number of ether oxygens (including phenoxy) is 1. The van der Waals surface area contributed by atoms with Crippen molar-refractivity contribution in [1.29, 1.82) is 0 Å². The molecule has 0 saturated carbocycles. The minimum absolute atomic E-state index is 0.0179. The van der Waals surface area contributed by atoms with Crippen LogP contribution in [0.2, 0.25) is 5.02 Å². The molecule has 2 aromatic carbocycles. The summed E-state index contributed by atoms with van der Waals surface area (Å²) in [7, 11) is 0. The van der Waals surface area contributed by atoms with Crippen LogP contribution in [-0.4, -0.2) is 78.5 Å². The van der Waals surface area contributed by atoms with E-state index >= 15 is 0 Å². The maximum absolute atomic E-state index is 13.3. The van der Waals surface area contributed by atoms with Crippen molar-refractivity contribution in [3.05, 3.63) is 81.5 Å². The van der Waals surface area contributed by atoms with Crippen LogP contribution in [0.15, 0.2) is 59.8 Å². The number of rotatable bonds is 7. The summed E-state index contributed by atoms with van der Waals surface area (Å²) in [5, 5.41) is 3.42. The van der Waals surface area contributed by atoms with E-state index in [9.17, 15) is 14.4 Å². The fourth-order valence-electron chi connectivity index (χ4n) is 5.02. The molecule has 8 nitrogen and oxygen atoms in total. The molecule has 2 aliphatic heterocycles. The fourth-order valence-corrected chi connectivity index (χ4v) is 5.27. The summed E-state index contributed by atoms with van der Waals surface area (Å²) in [5.41, 5.74) is 3.43. The Morgan fingerprint density at radius 3 is 2.45 bits per heavy atom. The first kappa shape index (κ1) is 27.7. The number of nitrogens with one attached hydrogen (secondary N) is 1. The normalized spacial score (nSPS) is 18.7. The molecule has 0 spiro atoms. The second kappa shape index (κ2) is 12.5. The van der Waals surface area contributed by atoms with E-state index in [1.54, 1.807) is 17.9 Å². The van der Waals surface area contributed by atoms with Crippen LogP contribution in [0.1, 0.15) is 47.8 Å². The highest BCUT2D eigenvalue weighted by Gasteiger charge is 2.39. The Hall–Kier alpha value is -3.36. The van der Waals surface area contributed by atoms with Crippen LogP contribution in [0.5, 0.6) is 0 Å². The number of amides is 3. The Balaban J connectivity index is 1.62. The van der Waals surface area contributed by atoms with Gasteiger partial charge in [0.25, 0.3) is 5.91 Å². The molecule has 1 unspecified atom stereocenters. The van der Waals surface area contributed by atoms with E-state index in [0.717, 1.165) is 18.5 Å². The van der Waals surface area contributed by atoms with Crippen LogP contribution in [0.25, 0.3) is 0 Å². The van der Waals surface area contributed by atoms with E-state index in [1.165, 1.54) is 0 Å². The number of halogens is 1. The van der Waals surface area contributed by atoms with Gasteiger partial charge in [-0.15, -0.1) is 0 Å². The van der Waals surface area contributed by atoms with E-state index in [0.29, 0.717) is 60.1 Å². The highest BCUT2D eigenvalue weighted by Crippen LogP contribution is 2.35. The molecule has 0 bridgehead atoms. The average Bonchev–Trinajstić information content (AvgIpc) is 3.14. The number of esters is 1. The first-order chi connectivity index (χ1) is 18.3. The molecule has 0 aliphatic carbocycles. The van der Waals surface area contributed by atoms with Crippen molar-refractivity contribution in [3.8, 4) is 0 Å². The Kier molecular flexibility index (Phi) is 9.07. The third-order valence-electron chi connectivity index (χ3n) is 7.01. The number of carbonyl (C=O) groups is 3. The lowest BCUT2D eigenvalue weighted by molar-refractivity contribution is -0.139. The number of hydrogen-bond acceptors (Lipinski definition) is 5. The van der Waals surface area contributed by atoms with Crippen LogP contribution in [-0.2, 0) is 9.53 Å². The second-order valence-electron chi connectivity index (χ2n) is 9.52. The summed E-state index contributed by atoms with van der Waals surface area (Å²) in [6.45, 7) is 9.17. The molecule has 1 N–H and O–H groups in total. The maximum atomic E-state index is 13.3. The molecular formula is C29H35ClN4O4. The van der Waals surface area contributed by atoms with Gasteiger partial charge in [0.05, 0.1) is 18.2 Å². The molecule has 4 rings (SSSR count). The van der Waals surface area contributed by atoms with Crippen molar-refractivity contribution in [2.75, 3.05) is 45.9 Å². The number of likely N-dealkylation sites (N-methyl/N-ethyl adjacent to an activating group) is 1. The standard InChI is InChI=1S/C29H35ClN4O4/c1-4-34-24(19-32-15-8-16-33(18-17-32)27(35)21-13-11-20(3)12-14-21)25(28(36)38-5-2)26(31-29(34)37)22-9-6-7-10-23(22)30/h6-7,9-14,26H,4-5,8,15-19H2,1-3H3,(H,31,37). The number of aryl methyl sites for hydroxylation is 1. The van der Waals surface area contributed by atoms with Crippen LogP contribution in [0.4, 0.5) is 4.79 Å². The lowest BCUT2D eigenvalue weighted by Crippen LogP contribution is -2.51. The van der Waals surface area contributed by atoms with Gasteiger partial charge in [0.15, 0.2) is 0 Å². The first-order valence-corrected chi connectivity index (χ1v) is 13.5. The van der Waals surface area contributed by atoms with Gasteiger partial charge in [-0.25, -0.2) is 9.59 Å². The quantitative estimate of drug-likeness (QED) is 0.528. The third-order valence-corrected chi connectivity index (χ3v) is 7.36. The molecule has 3 amide bonds. The van der Waals surface area contributed by atoms with Gasteiger partial charge in [0.1, 0.15) is 0 Å². The van der Waals surface area contributed by atoms with Crippen LogP contribution in [0, 0.1) is 6.92 Å². The average molecular weight is 539 g/mol. The van der Waals surface area contributed by atoms with E-state index in [4.69, 9.17) is 16.3 Å². The molecule has 2 aliphatic rings. The number of carbonyl (C=O) groups excluding carboxylic acids is 3. The van der Waals surface area contributed by atoms with Gasteiger partial charge >= 0.3 is 12.0 Å². The van der Waals surface area contributed by atoms with E-state index < -0.39 is 12.0 Å². The van der Waals surface area contributed by atoms with Gasteiger partial charge in [0.2, 0.25) is 0 Å². The maximum Gasteiger partial charge on any atom is 0.338 e. The summed E-state index contributed by atoms with van der Waals surface area (Å²) >= 11 is 6.50. The second-order valence-corrected chi connectivity index (χ2v) is 9.92. The van der Waals surface area contributed by atoms with Crippen LogP contribution < -0.4 is 5.32 Å². The number of benzene rings is 2. The van der Waals surface area contributed by atoms with E-state index in [-0.39, 0.29) is 18.5 Å². The smallest absolute Gasteiger partial charge is 0.338 e. The zero-order valence-electron chi connectivity index (χ0n) is 22.2. The minimum atomic E-state index is -0.723. The number of hydrogen-bond donors (Lipinski definition) is 1. The van der Waals surface area contributed by atoms with Crippen molar-refractivity contribution < 1.29 is 19.1 Å². The zero-order valence-corrected chi connectivity index (χ0v) is 23.0. The molecule has 38 heavy (non-hydrogen) atoms. The third kappa shape index (κ3) is 6.03. The molecule has 202 valence electrons. The number of urea groups is 1. The van der Waals surface area contributed by atoms with Gasteiger partial charge in [-0.2, -0.15) is 0 Å². The highest BCUT2D eigenvalue weighted by molar-refractivity contribution is 6.31. The molecule has 1 fully saturated rings. The van der Waals surface area contributed by atoms with E-state index in [1.807, 2.05) is 61.2 Å². The Labute approximate surface area is 229 Å². The zero-order chi connectivity index (χ0) is 27.2. The van der Waals surface area contributed by atoms with Crippen LogP contribution >= 0.6 is 11.6 Å². The molecular weight excluding hydrogens is 504 g/mol. The lowest BCUT2D eigenvalue weighted by Gasteiger charge is -2.38. The molecule has 0 radical (unpaired) electrons. The van der Waals surface area contributed by atoms with Gasteiger partial charge in [-0.3, -0.25) is 14.6 Å². The van der Waals surface area contributed by atoms with Gasteiger partial charge < -0.3 is 15.0 Å². The number of nitrogens with zero attached hydrogens (tertiary/aromatic N) is 3. The van der Waals surface area contributed by atoms with Crippen molar-refractivity contribution >= 4 is 29.5 Å². The molecule has 0 aromatic heterocycles. The monoisotopic (exact) mass is 538 g/mol. The Bertz CT molecular complexity index is 1210. The van der Waals surface area contributed by atoms with Crippen molar-refractivity contribution in [2.45, 2.75) is 33.2 Å². The molecule has 9 heteroatoms. The van der Waals surface area contributed by atoms with Gasteiger partial charge in [-0.05, 0) is 51.0 Å². The molecule has 1 atom stereocenters. The largest absolute Gasteiger partial charge is 0.463 e. The predicted molar refractivity (Wildman–Crippen MR) is 147 cm³/mol. The predicted octanol–water partition coefficient (Wildman–Crippen LogP) is 4.40. The molecule has 2 heterocycles. The topological polar surface area (TPSA) is 82.2 Å². The summed E-state index contributed by atoms with van der Waals surface area (Å²) < 4.78 is 5.46. The highest BCUT2D eigenvalue weighted by atomic mass is 35.5. The Morgan fingerprint density at radius 1 is 1.03 bits per heavy atom. The van der Waals surface area contributed by atoms with Gasteiger partial charge in [0, 0.05) is 55.6 Å². The first-order valence-electron chi connectivity index (χ1n) is 13.1. The van der Waals surface area contributed by atoms with Crippen LogP contribution in [0.3, 0.4) is 0 Å². The van der Waals surface area contributed by atoms with Crippen molar-refractivity contribution in [1.82, 2.24) is 20.0 Å². The SMILES string of the molecule is CCOC(=O)C1=C(CN2CCCN(C(=O)c3ccc(C)cc3)CC2)N(CC)C(=O)NC1c1ccccc1Cl. The summed E-state index contributed by atoms with van der Waals surface area (Å²) in [6.07, 6.45) is 0.784. The summed E-state index contributed by atoms with van der Waals surface area (Å²) in [6, 6.07) is 13.8. The Morgan fingerprint density at radius 2 is 1.76 bits per heavy atom. The molecule has 2 aromatic rings. The molecule has 1 saturated heterocycles. The van der Waals surface area contributed by atoms with E-state index in [2.05, 4.69) is 10.2 Å². The summed E-state index contributed by atoms with van der Waals surface area (Å²) in [4.78, 5) is 45.3. The minimum Gasteiger partial charge on any atom is -0.463 e. The summed E-state index contributed by atoms with van der Waals surface area (Å²) in [5.74, 6) is -0.457. The van der Waals surface area contributed by atoms with Crippen molar-refractivity contribution in [2.24, 2.45) is 0 Å². The van der Waals surface area contributed by atoms with Gasteiger partial charge in [-0.1, -0.05) is 47.5 Å².